The van der Waals surface area contributed by atoms with Crippen LogP contribution < -0.4 is 5.73 Å². The van der Waals surface area contributed by atoms with Crippen molar-refractivity contribution in [1.82, 2.24) is 29.4 Å². The zero-order valence-electron chi connectivity index (χ0n) is 28.1. The first-order chi connectivity index (χ1) is 23.8. The van der Waals surface area contributed by atoms with Gasteiger partial charge in [0.1, 0.15) is 12.9 Å². The van der Waals surface area contributed by atoms with Crippen LogP contribution in [0.1, 0.15) is 89.1 Å². The molecule has 0 saturated heterocycles. The minimum Gasteiger partial charge on any atom is -0.463 e. The van der Waals surface area contributed by atoms with Gasteiger partial charge in [-0.05, 0) is 72.3 Å². The van der Waals surface area contributed by atoms with E-state index in [2.05, 4.69) is 15.2 Å². The normalized spacial score (nSPS) is 20.0. The van der Waals surface area contributed by atoms with Gasteiger partial charge in [0.2, 0.25) is 0 Å². The molecule has 1 aliphatic heterocycles. The molecule has 2 aromatic carbocycles. The number of carbonyl (C=O) groups is 2. The zero-order chi connectivity index (χ0) is 35.4. The molecule has 2 aliphatic carbocycles. The molecule has 2 atom stereocenters. The molecule has 4 aromatic rings. The number of aliphatic imine (C=N–C) groups is 1. The minimum atomic E-state index is -2.76. The summed E-state index contributed by atoms with van der Waals surface area (Å²) in [6, 6.07) is 11.9. The standard InChI is InChI=1S/C36H39ClF2N8O3/c1-35(2,3)19-36(25-9-6-22(7-10-25)24-16-42-45(17-24)33(38)39)32(49)46(34(40)44-36)29(18-50-30(48)14-21-4-5-21)23-8-13-28(37)27(15-23)31-41-20-43-47(31)26-11-12-26/h6-10,13,15-17,20-21,26,29,33H,4-5,11-12,14,18-19H2,1-3H3,(H2,40,44)/t29-,36-/m1/s1. The molecule has 0 bridgehead atoms. The fourth-order valence-corrected chi connectivity index (χ4v) is 6.87. The molecule has 14 heteroatoms. The van der Waals surface area contributed by atoms with Crippen molar-refractivity contribution in [2.24, 2.45) is 22.1 Å². The van der Waals surface area contributed by atoms with Crippen LogP contribution in [0.15, 0.2) is 66.2 Å². The molecule has 0 radical (unpaired) electrons. The second kappa shape index (κ2) is 12.9. The Morgan fingerprint density at radius 2 is 1.82 bits per heavy atom. The molecule has 2 N–H and O–H groups in total. The van der Waals surface area contributed by atoms with Gasteiger partial charge >= 0.3 is 12.5 Å². The molecule has 2 fully saturated rings. The average Bonchev–Trinajstić information content (AvgIpc) is 3.95. The average molecular weight is 705 g/mol. The third-order valence-corrected chi connectivity index (χ3v) is 9.69. The summed E-state index contributed by atoms with van der Waals surface area (Å²) in [6.45, 7) is 3.14. The van der Waals surface area contributed by atoms with Gasteiger partial charge in [0.25, 0.3) is 5.91 Å². The van der Waals surface area contributed by atoms with Gasteiger partial charge in [0.15, 0.2) is 17.3 Å². The van der Waals surface area contributed by atoms with E-state index in [0.29, 0.717) is 62.1 Å². The fraction of sp³-hybridized carbons (Fsp3) is 0.444. The lowest BCUT2D eigenvalue weighted by atomic mass is 9.75. The Morgan fingerprint density at radius 3 is 2.46 bits per heavy atom. The number of esters is 1. The van der Waals surface area contributed by atoms with Gasteiger partial charge in [-0.1, -0.05) is 62.7 Å². The van der Waals surface area contributed by atoms with Crippen LogP contribution in [0.4, 0.5) is 8.78 Å². The van der Waals surface area contributed by atoms with Crippen molar-refractivity contribution >= 4 is 29.4 Å². The van der Waals surface area contributed by atoms with Gasteiger partial charge in [-0.15, -0.1) is 0 Å². The maximum atomic E-state index is 15.0. The van der Waals surface area contributed by atoms with Gasteiger partial charge in [-0.2, -0.15) is 19.0 Å². The predicted molar refractivity (Wildman–Crippen MR) is 183 cm³/mol. The number of carbonyl (C=O) groups excluding carboxylic acids is 2. The summed E-state index contributed by atoms with van der Waals surface area (Å²) >= 11 is 6.73. The highest BCUT2D eigenvalue weighted by atomic mass is 35.5. The molecule has 0 unspecified atom stereocenters. The van der Waals surface area contributed by atoms with Crippen LogP contribution in [0.5, 0.6) is 0 Å². The number of hydrogen-bond acceptors (Lipinski definition) is 8. The summed E-state index contributed by atoms with van der Waals surface area (Å²) < 4.78 is 34.7. The summed E-state index contributed by atoms with van der Waals surface area (Å²) in [7, 11) is 0. The molecule has 7 rings (SSSR count). The lowest BCUT2D eigenvalue weighted by Gasteiger charge is -2.35. The lowest BCUT2D eigenvalue weighted by molar-refractivity contribution is -0.148. The number of hydrogen-bond donors (Lipinski definition) is 1. The van der Waals surface area contributed by atoms with Crippen molar-refractivity contribution in [3.63, 3.8) is 0 Å². The quantitative estimate of drug-likeness (QED) is 0.156. The monoisotopic (exact) mass is 704 g/mol. The van der Waals surface area contributed by atoms with Gasteiger partial charge < -0.3 is 10.5 Å². The van der Waals surface area contributed by atoms with Crippen molar-refractivity contribution in [3.8, 4) is 22.5 Å². The lowest BCUT2D eigenvalue weighted by Crippen LogP contribution is -2.47. The van der Waals surface area contributed by atoms with Gasteiger partial charge in [-0.25, -0.2) is 19.3 Å². The first-order valence-corrected chi connectivity index (χ1v) is 17.2. The van der Waals surface area contributed by atoms with Crippen molar-refractivity contribution < 1.29 is 23.1 Å². The molecule has 3 aliphatic rings. The van der Waals surface area contributed by atoms with Crippen LogP contribution in [0, 0.1) is 11.3 Å². The van der Waals surface area contributed by atoms with E-state index in [0.717, 1.165) is 25.7 Å². The van der Waals surface area contributed by atoms with E-state index in [9.17, 15) is 18.4 Å². The maximum absolute atomic E-state index is 15.0. The highest BCUT2D eigenvalue weighted by Gasteiger charge is 2.53. The summed E-state index contributed by atoms with van der Waals surface area (Å²) in [5.74, 6) is 0.212. The number of amides is 1. The number of alkyl halides is 2. The number of aromatic nitrogens is 5. The number of nitrogens with two attached hydrogens (primary N) is 1. The molecule has 50 heavy (non-hydrogen) atoms. The van der Waals surface area contributed by atoms with Crippen molar-refractivity contribution in [2.45, 2.75) is 83.5 Å². The van der Waals surface area contributed by atoms with Crippen LogP contribution in [0.3, 0.4) is 0 Å². The van der Waals surface area contributed by atoms with E-state index in [1.54, 1.807) is 36.4 Å². The van der Waals surface area contributed by atoms with E-state index in [-0.39, 0.29) is 35.9 Å². The second-order valence-corrected chi connectivity index (χ2v) is 15.1. The zero-order valence-corrected chi connectivity index (χ0v) is 28.9. The second-order valence-electron chi connectivity index (χ2n) is 14.7. The van der Waals surface area contributed by atoms with Crippen LogP contribution in [0.2, 0.25) is 5.02 Å². The van der Waals surface area contributed by atoms with Gasteiger partial charge in [0, 0.05) is 23.7 Å². The molecule has 11 nitrogen and oxygen atoms in total. The Hall–Kier alpha value is -4.65. The van der Waals surface area contributed by atoms with Gasteiger partial charge in [-0.3, -0.25) is 14.5 Å². The number of rotatable bonds is 12. The SMILES string of the molecule is CC(C)(C)C[C@]1(c2ccc(-c3cnn(C(F)F)c3)cc2)N=C(N)N([C@H](COC(=O)CC2CC2)c2ccc(Cl)c(-c3ncnn3C3CC3)c2)C1=O. The first-order valence-electron chi connectivity index (χ1n) is 16.8. The van der Waals surface area contributed by atoms with E-state index >= 15 is 0 Å². The molecule has 2 saturated carbocycles. The third-order valence-electron chi connectivity index (χ3n) is 9.36. The van der Waals surface area contributed by atoms with Crippen LogP contribution >= 0.6 is 11.6 Å². The molecule has 0 spiro atoms. The summed E-state index contributed by atoms with van der Waals surface area (Å²) in [4.78, 5) is 38.7. The minimum absolute atomic E-state index is 0.0116. The summed E-state index contributed by atoms with van der Waals surface area (Å²) in [6.07, 6.45) is 8.75. The summed E-state index contributed by atoms with van der Waals surface area (Å²) in [5.41, 5.74) is 7.94. The van der Waals surface area contributed by atoms with Crippen molar-refractivity contribution in [2.75, 3.05) is 6.61 Å². The third kappa shape index (κ3) is 6.75. The van der Waals surface area contributed by atoms with Crippen LogP contribution in [-0.2, 0) is 19.9 Å². The topological polar surface area (TPSA) is 134 Å². The van der Waals surface area contributed by atoms with E-state index in [1.165, 1.54) is 23.6 Å². The smallest absolute Gasteiger partial charge is 0.333 e. The number of nitrogens with zero attached hydrogens (tertiary/aromatic N) is 7. The largest absolute Gasteiger partial charge is 0.463 e. The molecular weight excluding hydrogens is 666 g/mol. The molecule has 3 heterocycles. The molecule has 262 valence electrons. The maximum Gasteiger partial charge on any atom is 0.333 e. The van der Waals surface area contributed by atoms with Gasteiger partial charge in [0.05, 0.1) is 23.3 Å². The Labute approximate surface area is 293 Å². The molecule has 1 amide bonds. The number of guanidine groups is 1. The number of benzene rings is 2. The van der Waals surface area contributed by atoms with E-state index in [4.69, 9.17) is 27.1 Å². The Morgan fingerprint density at radius 1 is 1.08 bits per heavy atom. The summed E-state index contributed by atoms with van der Waals surface area (Å²) in [5, 5.41) is 8.63. The number of ether oxygens (including phenoxy) is 1. The van der Waals surface area contributed by atoms with Crippen molar-refractivity contribution in [1.29, 1.82) is 0 Å². The molecule has 2 aromatic heterocycles. The molecular formula is C36H39ClF2N8O3. The Kier molecular flexibility index (Phi) is 8.73. The Balaban J connectivity index is 1.26. The highest BCUT2D eigenvalue weighted by molar-refractivity contribution is 6.33. The first kappa shape index (κ1) is 33.8. The van der Waals surface area contributed by atoms with E-state index in [1.807, 2.05) is 31.5 Å². The fourth-order valence-electron chi connectivity index (χ4n) is 6.67. The van der Waals surface area contributed by atoms with Crippen LogP contribution in [-0.4, -0.2) is 53.9 Å². The van der Waals surface area contributed by atoms with E-state index < -0.39 is 18.1 Å². The highest BCUT2D eigenvalue weighted by Crippen LogP contribution is 2.46. The van der Waals surface area contributed by atoms with Crippen molar-refractivity contribution in [3.05, 3.63) is 77.3 Å². The predicted octanol–water partition coefficient (Wildman–Crippen LogP) is 7.07. The Bertz CT molecular complexity index is 1940. The number of halogens is 3. The van der Waals surface area contributed by atoms with Crippen LogP contribution in [0.25, 0.3) is 22.5 Å².